The molecule has 1 rings (SSSR count). The van der Waals surface area contributed by atoms with Crippen LogP contribution in [0.5, 0.6) is 0 Å². The maximum absolute atomic E-state index is 11.7. The largest absolute Gasteiger partial charge is 0.377 e. The molecule has 1 aromatic carbocycles. The molecule has 0 fully saturated rings. The average molecular weight is 333 g/mol. The van der Waals surface area contributed by atoms with Gasteiger partial charge in [0, 0.05) is 17.5 Å². The van der Waals surface area contributed by atoms with Crippen LogP contribution in [-0.4, -0.2) is 19.1 Å². The fraction of sp³-hybridized carbons (Fsp3) is 0.308. The Hall–Kier alpha value is -0.840. The van der Waals surface area contributed by atoms with Gasteiger partial charge >= 0.3 is 0 Å². The minimum absolute atomic E-state index is 0.0778. The predicted octanol–water partition coefficient (Wildman–Crippen LogP) is 4.02. The van der Waals surface area contributed by atoms with E-state index in [1.54, 1.807) is 12.1 Å². The van der Waals surface area contributed by atoms with E-state index in [1.807, 2.05) is 12.1 Å². The van der Waals surface area contributed by atoms with Crippen molar-refractivity contribution >= 4 is 39.1 Å². The number of ether oxygens (including phenoxy) is 1. The highest BCUT2D eigenvalue weighted by atomic mass is 79.9. The number of carbonyl (C=O) groups is 1. The Bertz CT molecular complexity index is 403. The molecule has 0 bridgehead atoms. The Morgan fingerprint density at radius 3 is 3.00 bits per heavy atom. The molecule has 0 aromatic heterocycles. The topological polar surface area (TPSA) is 38.3 Å². The van der Waals surface area contributed by atoms with Crippen molar-refractivity contribution in [3.63, 3.8) is 0 Å². The van der Waals surface area contributed by atoms with E-state index >= 15 is 0 Å². The van der Waals surface area contributed by atoms with E-state index in [1.165, 1.54) is 0 Å². The molecule has 18 heavy (non-hydrogen) atoms. The van der Waals surface area contributed by atoms with Gasteiger partial charge in [0.15, 0.2) is 0 Å². The number of hydrogen-bond acceptors (Lipinski definition) is 2. The van der Waals surface area contributed by atoms with Gasteiger partial charge in [-0.25, -0.2) is 0 Å². The van der Waals surface area contributed by atoms with Crippen molar-refractivity contribution in [1.29, 1.82) is 0 Å². The lowest BCUT2D eigenvalue weighted by atomic mass is 10.2. The summed E-state index contributed by atoms with van der Waals surface area (Å²) < 4.78 is 5.97. The number of nitrogens with one attached hydrogen (secondary N) is 1. The van der Waals surface area contributed by atoms with Gasteiger partial charge in [-0.05, 0) is 34.5 Å². The number of halogens is 2. The standard InChI is InChI=1S/C13H15BrClNO2/c1-2-8-18-9-4-7-12(17)16-13-10(14)5-3-6-11(13)15/h2-3,5-6H,1,4,7-9H2,(H,16,17). The first kappa shape index (κ1) is 15.2. The number of para-hydroxylation sites is 1. The van der Waals surface area contributed by atoms with E-state index in [4.69, 9.17) is 16.3 Å². The SMILES string of the molecule is C=CCOCCCC(=O)Nc1c(Cl)cccc1Br. The molecular weight excluding hydrogens is 318 g/mol. The number of carbonyl (C=O) groups excluding carboxylic acids is 1. The average Bonchev–Trinajstić information content (AvgIpc) is 2.34. The van der Waals surface area contributed by atoms with E-state index < -0.39 is 0 Å². The molecule has 0 aliphatic rings. The number of amides is 1. The van der Waals surface area contributed by atoms with E-state index in [0.29, 0.717) is 36.8 Å². The van der Waals surface area contributed by atoms with Crippen molar-refractivity contribution < 1.29 is 9.53 Å². The zero-order valence-electron chi connectivity index (χ0n) is 9.92. The molecule has 1 aromatic rings. The van der Waals surface area contributed by atoms with Crippen LogP contribution in [0.25, 0.3) is 0 Å². The zero-order chi connectivity index (χ0) is 13.4. The summed E-state index contributed by atoms with van der Waals surface area (Å²) in [5.74, 6) is -0.0778. The molecule has 1 amide bonds. The number of anilines is 1. The van der Waals surface area contributed by atoms with Gasteiger partial charge in [0.1, 0.15) is 0 Å². The Balaban J connectivity index is 2.38. The molecule has 0 aliphatic heterocycles. The summed E-state index contributed by atoms with van der Waals surface area (Å²) in [6, 6.07) is 5.37. The third kappa shape index (κ3) is 5.21. The lowest BCUT2D eigenvalue weighted by Crippen LogP contribution is -2.13. The number of hydrogen-bond donors (Lipinski definition) is 1. The van der Waals surface area contributed by atoms with E-state index in [2.05, 4.69) is 27.8 Å². The van der Waals surface area contributed by atoms with Gasteiger partial charge in [-0.15, -0.1) is 6.58 Å². The Morgan fingerprint density at radius 1 is 1.56 bits per heavy atom. The first-order chi connectivity index (χ1) is 8.65. The van der Waals surface area contributed by atoms with Crippen molar-refractivity contribution in [3.05, 3.63) is 40.3 Å². The van der Waals surface area contributed by atoms with Gasteiger partial charge in [-0.1, -0.05) is 23.7 Å². The molecule has 0 radical (unpaired) electrons. The van der Waals surface area contributed by atoms with Gasteiger partial charge in [0.25, 0.3) is 0 Å². The van der Waals surface area contributed by atoms with Crippen LogP contribution in [0.15, 0.2) is 35.3 Å². The van der Waals surface area contributed by atoms with Gasteiger partial charge in [0.2, 0.25) is 5.91 Å². The lowest BCUT2D eigenvalue weighted by Gasteiger charge is -2.09. The van der Waals surface area contributed by atoms with Crippen LogP contribution in [0.1, 0.15) is 12.8 Å². The molecule has 3 nitrogen and oxygen atoms in total. The molecule has 0 saturated carbocycles. The minimum atomic E-state index is -0.0778. The number of benzene rings is 1. The summed E-state index contributed by atoms with van der Waals surface area (Å²) in [5.41, 5.74) is 0.608. The highest BCUT2D eigenvalue weighted by Gasteiger charge is 2.08. The fourth-order valence-corrected chi connectivity index (χ4v) is 2.12. The van der Waals surface area contributed by atoms with Gasteiger partial charge in [0.05, 0.1) is 17.3 Å². The van der Waals surface area contributed by atoms with Crippen LogP contribution >= 0.6 is 27.5 Å². The summed E-state index contributed by atoms with van der Waals surface area (Å²) in [6.07, 6.45) is 2.75. The molecule has 0 heterocycles. The lowest BCUT2D eigenvalue weighted by molar-refractivity contribution is -0.116. The Kier molecular flexibility index (Phi) is 7.01. The molecule has 98 valence electrons. The Morgan fingerprint density at radius 2 is 2.33 bits per heavy atom. The fourth-order valence-electron chi connectivity index (χ4n) is 1.32. The van der Waals surface area contributed by atoms with Crippen LogP contribution in [-0.2, 0) is 9.53 Å². The van der Waals surface area contributed by atoms with Gasteiger partial charge in [-0.2, -0.15) is 0 Å². The second-order valence-corrected chi connectivity index (χ2v) is 4.87. The molecule has 5 heteroatoms. The summed E-state index contributed by atoms with van der Waals surface area (Å²) in [7, 11) is 0. The van der Waals surface area contributed by atoms with Crippen LogP contribution in [0.4, 0.5) is 5.69 Å². The van der Waals surface area contributed by atoms with Crippen molar-refractivity contribution in [2.24, 2.45) is 0 Å². The van der Waals surface area contributed by atoms with Crippen LogP contribution in [0.2, 0.25) is 5.02 Å². The summed E-state index contributed by atoms with van der Waals surface area (Å²) in [4.78, 5) is 11.7. The Labute approximate surface area is 120 Å². The predicted molar refractivity (Wildman–Crippen MR) is 78.0 cm³/mol. The van der Waals surface area contributed by atoms with E-state index in [0.717, 1.165) is 4.47 Å². The number of rotatable bonds is 7. The molecule has 0 spiro atoms. The van der Waals surface area contributed by atoms with Crippen molar-refractivity contribution in [2.75, 3.05) is 18.5 Å². The monoisotopic (exact) mass is 331 g/mol. The maximum atomic E-state index is 11.7. The smallest absolute Gasteiger partial charge is 0.224 e. The highest BCUT2D eigenvalue weighted by Crippen LogP contribution is 2.30. The van der Waals surface area contributed by atoms with Crippen molar-refractivity contribution in [1.82, 2.24) is 0 Å². The first-order valence-electron chi connectivity index (χ1n) is 5.57. The normalized spacial score (nSPS) is 10.1. The molecule has 0 saturated heterocycles. The summed E-state index contributed by atoms with van der Waals surface area (Å²) in [5, 5.41) is 3.29. The third-order valence-electron chi connectivity index (χ3n) is 2.16. The summed E-state index contributed by atoms with van der Waals surface area (Å²) in [6.45, 7) is 4.60. The van der Waals surface area contributed by atoms with Crippen molar-refractivity contribution in [2.45, 2.75) is 12.8 Å². The van der Waals surface area contributed by atoms with Crippen LogP contribution in [0.3, 0.4) is 0 Å². The van der Waals surface area contributed by atoms with Crippen LogP contribution in [0, 0.1) is 0 Å². The highest BCUT2D eigenvalue weighted by molar-refractivity contribution is 9.10. The minimum Gasteiger partial charge on any atom is -0.377 e. The third-order valence-corrected chi connectivity index (χ3v) is 3.13. The second-order valence-electron chi connectivity index (χ2n) is 3.61. The summed E-state index contributed by atoms with van der Waals surface area (Å²) >= 11 is 9.34. The van der Waals surface area contributed by atoms with Gasteiger partial charge in [-0.3, -0.25) is 4.79 Å². The van der Waals surface area contributed by atoms with E-state index in [9.17, 15) is 4.79 Å². The van der Waals surface area contributed by atoms with Gasteiger partial charge < -0.3 is 10.1 Å². The molecule has 0 unspecified atom stereocenters. The zero-order valence-corrected chi connectivity index (χ0v) is 12.3. The first-order valence-corrected chi connectivity index (χ1v) is 6.74. The van der Waals surface area contributed by atoms with Crippen LogP contribution < -0.4 is 5.32 Å². The van der Waals surface area contributed by atoms with Crippen molar-refractivity contribution in [3.8, 4) is 0 Å². The second kappa shape index (κ2) is 8.29. The maximum Gasteiger partial charge on any atom is 0.224 e. The van der Waals surface area contributed by atoms with E-state index in [-0.39, 0.29) is 5.91 Å². The molecule has 0 atom stereocenters. The molecule has 1 N–H and O–H groups in total. The molecule has 0 aliphatic carbocycles. The molecular formula is C13H15BrClNO2. The quantitative estimate of drug-likeness (QED) is 0.605.